The van der Waals surface area contributed by atoms with Gasteiger partial charge >= 0.3 is 0 Å². The molecule has 1 aliphatic rings. The number of rotatable bonds is 6. The monoisotopic (exact) mass is 340 g/mol. The van der Waals surface area contributed by atoms with E-state index in [2.05, 4.69) is 51.4 Å². The van der Waals surface area contributed by atoms with Crippen molar-refractivity contribution in [3.05, 3.63) is 33.8 Å². The third kappa shape index (κ3) is 4.85. The highest BCUT2D eigenvalue weighted by atomic mass is 79.9. The highest BCUT2D eigenvalue weighted by Gasteiger charge is 2.16. The highest BCUT2D eigenvalue weighted by molar-refractivity contribution is 9.10. The van der Waals surface area contributed by atoms with Gasteiger partial charge in [-0.25, -0.2) is 0 Å². The third-order valence-corrected chi connectivity index (χ3v) is 4.47. The largest absolute Gasteiger partial charge is 0.377 e. The van der Waals surface area contributed by atoms with Crippen molar-refractivity contribution in [1.29, 1.82) is 0 Å². The normalized spacial score (nSPS) is 19.5. The maximum absolute atomic E-state index is 5.81. The first-order valence-corrected chi connectivity index (χ1v) is 8.20. The number of ether oxygens (including phenoxy) is 1. The molecule has 1 N–H and O–H groups in total. The molecule has 2 rings (SSSR count). The zero-order valence-electron chi connectivity index (χ0n) is 12.5. The van der Waals surface area contributed by atoms with Gasteiger partial charge in [0.15, 0.2) is 0 Å². The van der Waals surface area contributed by atoms with Crippen LogP contribution in [0, 0.1) is 0 Å². The van der Waals surface area contributed by atoms with Crippen LogP contribution >= 0.6 is 15.9 Å². The summed E-state index contributed by atoms with van der Waals surface area (Å²) in [4.78, 5) is 2.35. The van der Waals surface area contributed by atoms with Gasteiger partial charge in [0.05, 0.1) is 6.10 Å². The van der Waals surface area contributed by atoms with Gasteiger partial charge in [-0.05, 0) is 50.6 Å². The molecule has 4 heteroatoms. The maximum atomic E-state index is 5.81. The van der Waals surface area contributed by atoms with E-state index in [9.17, 15) is 0 Å². The molecule has 1 heterocycles. The Kier molecular flexibility index (Phi) is 6.49. The molecular formula is C16H25BrN2O. The molecule has 0 spiro atoms. The van der Waals surface area contributed by atoms with Crippen molar-refractivity contribution < 1.29 is 4.74 Å². The average molecular weight is 341 g/mol. The Labute approximate surface area is 130 Å². The van der Waals surface area contributed by atoms with E-state index in [1.165, 1.54) is 34.9 Å². The van der Waals surface area contributed by atoms with Crippen molar-refractivity contribution in [1.82, 2.24) is 10.2 Å². The van der Waals surface area contributed by atoms with Gasteiger partial charge in [0.2, 0.25) is 0 Å². The zero-order chi connectivity index (χ0) is 14.4. The lowest BCUT2D eigenvalue weighted by Gasteiger charge is -2.27. The van der Waals surface area contributed by atoms with Crippen LogP contribution in [-0.4, -0.2) is 38.3 Å². The highest BCUT2D eigenvalue weighted by Crippen LogP contribution is 2.21. The van der Waals surface area contributed by atoms with E-state index in [0.29, 0.717) is 6.10 Å². The molecule has 112 valence electrons. The first-order chi connectivity index (χ1) is 9.69. The Morgan fingerprint density at radius 3 is 2.90 bits per heavy atom. The first-order valence-electron chi connectivity index (χ1n) is 7.41. The first kappa shape index (κ1) is 16.0. The van der Waals surface area contributed by atoms with E-state index >= 15 is 0 Å². The van der Waals surface area contributed by atoms with Crippen LogP contribution in [0.25, 0.3) is 0 Å². The van der Waals surface area contributed by atoms with Crippen LogP contribution < -0.4 is 5.32 Å². The van der Waals surface area contributed by atoms with E-state index in [1.807, 2.05) is 7.05 Å². The fourth-order valence-electron chi connectivity index (χ4n) is 2.69. The van der Waals surface area contributed by atoms with Gasteiger partial charge in [0.1, 0.15) is 0 Å². The molecule has 1 atom stereocenters. The van der Waals surface area contributed by atoms with E-state index < -0.39 is 0 Å². The van der Waals surface area contributed by atoms with Gasteiger partial charge in [0, 0.05) is 30.7 Å². The molecule has 0 amide bonds. The number of hydrogen-bond donors (Lipinski definition) is 1. The van der Waals surface area contributed by atoms with Gasteiger partial charge < -0.3 is 10.1 Å². The summed E-state index contributed by atoms with van der Waals surface area (Å²) < 4.78 is 7.00. The maximum Gasteiger partial charge on any atom is 0.0702 e. The van der Waals surface area contributed by atoms with Crippen LogP contribution in [0.5, 0.6) is 0 Å². The summed E-state index contributed by atoms with van der Waals surface area (Å²) in [5, 5.41) is 3.18. The molecule has 1 aliphatic heterocycles. The molecule has 0 aromatic heterocycles. The Hall–Kier alpha value is -0.420. The lowest BCUT2D eigenvalue weighted by Crippen LogP contribution is -2.33. The van der Waals surface area contributed by atoms with Crippen molar-refractivity contribution in [2.24, 2.45) is 0 Å². The average Bonchev–Trinajstić information content (AvgIpc) is 2.43. The number of halogens is 1. The summed E-state index contributed by atoms with van der Waals surface area (Å²) in [6, 6.07) is 6.62. The lowest BCUT2D eigenvalue weighted by molar-refractivity contribution is -0.00261. The molecule has 20 heavy (non-hydrogen) atoms. The van der Waals surface area contributed by atoms with Crippen molar-refractivity contribution in [2.75, 3.05) is 27.2 Å². The van der Waals surface area contributed by atoms with Gasteiger partial charge in [-0.3, -0.25) is 4.90 Å². The SMILES string of the molecule is CNCc1ccc(CN(C)CC2CCCCO2)c(Br)c1. The minimum atomic E-state index is 0.413. The second-order valence-corrected chi connectivity index (χ2v) is 6.50. The summed E-state index contributed by atoms with van der Waals surface area (Å²) >= 11 is 3.69. The van der Waals surface area contributed by atoms with Gasteiger partial charge in [-0.1, -0.05) is 28.1 Å². The van der Waals surface area contributed by atoms with Crippen molar-refractivity contribution in [3.8, 4) is 0 Å². The van der Waals surface area contributed by atoms with Crippen LogP contribution in [0.2, 0.25) is 0 Å². The standard InChI is InChI=1S/C16H25BrN2O/c1-18-10-13-6-7-14(16(17)9-13)11-19(2)12-15-5-3-4-8-20-15/h6-7,9,15,18H,3-5,8,10-12H2,1-2H3. The minimum absolute atomic E-state index is 0.413. The fraction of sp³-hybridized carbons (Fsp3) is 0.625. The molecule has 0 bridgehead atoms. The van der Waals surface area contributed by atoms with E-state index in [0.717, 1.165) is 26.2 Å². The molecule has 0 saturated carbocycles. The number of likely N-dealkylation sites (N-methyl/N-ethyl adjacent to an activating group) is 1. The van der Waals surface area contributed by atoms with Crippen molar-refractivity contribution in [3.63, 3.8) is 0 Å². The second-order valence-electron chi connectivity index (χ2n) is 5.64. The molecule has 1 fully saturated rings. The molecule has 3 nitrogen and oxygen atoms in total. The molecule has 1 aromatic carbocycles. The Balaban J connectivity index is 1.88. The molecular weight excluding hydrogens is 316 g/mol. The summed E-state index contributed by atoms with van der Waals surface area (Å²) in [5.74, 6) is 0. The van der Waals surface area contributed by atoms with Crippen molar-refractivity contribution >= 4 is 15.9 Å². The summed E-state index contributed by atoms with van der Waals surface area (Å²) in [7, 11) is 4.14. The topological polar surface area (TPSA) is 24.5 Å². The molecule has 0 radical (unpaired) electrons. The Morgan fingerprint density at radius 1 is 1.40 bits per heavy atom. The molecule has 1 aromatic rings. The number of hydrogen-bond acceptors (Lipinski definition) is 3. The van der Waals surface area contributed by atoms with E-state index in [1.54, 1.807) is 0 Å². The molecule has 1 unspecified atom stereocenters. The predicted octanol–water partition coefficient (Wildman–Crippen LogP) is 3.17. The number of benzene rings is 1. The van der Waals surface area contributed by atoms with Crippen LogP contribution in [0.4, 0.5) is 0 Å². The number of nitrogens with one attached hydrogen (secondary N) is 1. The minimum Gasteiger partial charge on any atom is -0.377 e. The zero-order valence-corrected chi connectivity index (χ0v) is 14.1. The van der Waals surface area contributed by atoms with E-state index in [-0.39, 0.29) is 0 Å². The lowest BCUT2D eigenvalue weighted by atomic mass is 10.1. The molecule has 1 saturated heterocycles. The van der Waals surface area contributed by atoms with Gasteiger partial charge in [0.25, 0.3) is 0 Å². The fourth-order valence-corrected chi connectivity index (χ4v) is 3.24. The number of nitrogens with zero attached hydrogens (tertiary/aromatic N) is 1. The summed E-state index contributed by atoms with van der Waals surface area (Å²) in [6.45, 7) is 3.82. The summed E-state index contributed by atoms with van der Waals surface area (Å²) in [6.07, 6.45) is 4.14. The summed E-state index contributed by atoms with van der Waals surface area (Å²) in [5.41, 5.74) is 2.64. The van der Waals surface area contributed by atoms with Gasteiger partial charge in [-0.15, -0.1) is 0 Å². The predicted molar refractivity (Wildman–Crippen MR) is 86.8 cm³/mol. The molecule has 0 aliphatic carbocycles. The van der Waals surface area contributed by atoms with Crippen LogP contribution in [0.3, 0.4) is 0 Å². The Morgan fingerprint density at radius 2 is 2.25 bits per heavy atom. The second kappa shape index (κ2) is 8.13. The van der Waals surface area contributed by atoms with Crippen LogP contribution in [0.15, 0.2) is 22.7 Å². The quantitative estimate of drug-likeness (QED) is 0.860. The van der Waals surface area contributed by atoms with Crippen molar-refractivity contribution in [2.45, 2.75) is 38.5 Å². The van der Waals surface area contributed by atoms with Crippen LogP contribution in [-0.2, 0) is 17.8 Å². The van der Waals surface area contributed by atoms with Crippen LogP contribution in [0.1, 0.15) is 30.4 Å². The third-order valence-electron chi connectivity index (χ3n) is 3.73. The van der Waals surface area contributed by atoms with E-state index in [4.69, 9.17) is 4.74 Å². The Bertz CT molecular complexity index is 419. The smallest absolute Gasteiger partial charge is 0.0702 e. The van der Waals surface area contributed by atoms with Gasteiger partial charge in [-0.2, -0.15) is 0 Å².